The highest BCUT2D eigenvalue weighted by molar-refractivity contribution is 7.89. The van der Waals surface area contributed by atoms with E-state index in [-0.39, 0.29) is 16.5 Å². The number of sulfonamides is 1. The average Bonchev–Trinajstić information content (AvgIpc) is 3.00. The van der Waals surface area contributed by atoms with E-state index in [2.05, 4.69) is 15.6 Å². The molecule has 8 nitrogen and oxygen atoms in total. The van der Waals surface area contributed by atoms with E-state index in [0.29, 0.717) is 10.6 Å². The smallest absolute Gasteiger partial charge is 0.276 e. The first-order chi connectivity index (χ1) is 12.7. The highest BCUT2D eigenvalue weighted by Crippen LogP contribution is 2.27. The lowest BCUT2D eigenvalue weighted by Crippen LogP contribution is -2.41. The van der Waals surface area contributed by atoms with E-state index in [4.69, 9.17) is 4.74 Å². The zero-order chi connectivity index (χ0) is 20.2. The van der Waals surface area contributed by atoms with Crippen molar-refractivity contribution in [3.05, 3.63) is 39.6 Å². The number of anilines is 1. The van der Waals surface area contributed by atoms with E-state index in [0.717, 1.165) is 16.9 Å². The number of nitrogens with one attached hydrogen (secondary N) is 3. The fourth-order valence-corrected chi connectivity index (χ4v) is 4.23. The van der Waals surface area contributed by atoms with Crippen LogP contribution in [-0.2, 0) is 21.2 Å². The Kier molecular flexibility index (Phi) is 6.58. The Labute approximate surface area is 162 Å². The number of hydrogen-bond donors (Lipinski definition) is 3. The van der Waals surface area contributed by atoms with Gasteiger partial charge in [-0.2, -0.15) is 0 Å². The minimum absolute atomic E-state index is 0.135. The van der Waals surface area contributed by atoms with Gasteiger partial charge >= 0.3 is 0 Å². The van der Waals surface area contributed by atoms with Crippen LogP contribution in [0.5, 0.6) is 5.75 Å². The normalized spacial score (nSPS) is 11.1. The third-order valence-corrected chi connectivity index (χ3v) is 6.28. The fourth-order valence-electron chi connectivity index (χ4n) is 2.36. The van der Waals surface area contributed by atoms with Crippen molar-refractivity contribution in [2.24, 2.45) is 0 Å². The first kappa shape index (κ1) is 20.9. The summed E-state index contributed by atoms with van der Waals surface area (Å²) in [5, 5.41) is 2.50. The second-order valence-electron chi connectivity index (χ2n) is 5.67. The maximum Gasteiger partial charge on any atom is 0.276 e. The van der Waals surface area contributed by atoms with Crippen LogP contribution in [0, 0.1) is 6.92 Å². The van der Waals surface area contributed by atoms with Crippen molar-refractivity contribution in [1.29, 1.82) is 0 Å². The summed E-state index contributed by atoms with van der Waals surface area (Å²) in [6, 6.07) is 5.69. The molecule has 1 aromatic carbocycles. The van der Waals surface area contributed by atoms with Crippen LogP contribution < -0.4 is 20.3 Å². The Bertz CT molecular complexity index is 967. The van der Waals surface area contributed by atoms with Gasteiger partial charge in [0.2, 0.25) is 5.91 Å². The molecule has 2 aromatic rings. The predicted octanol–water partition coefficient (Wildman–Crippen LogP) is 2.21. The quantitative estimate of drug-likeness (QED) is 0.605. The van der Waals surface area contributed by atoms with Crippen molar-refractivity contribution < 1.29 is 22.7 Å². The van der Waals surface area contributed by atoms with Gasteiger partial charge < -0.3 is 10.1 Å². The van der Waals surface area contributed by atoms with Crippen LogP contribution in [0.25, 0.3) is 0 Å². The second kappa shape index (κ2) is 8.51. The fraction of sp³-hybridized carbons (Fsp3) is 0.294. The summed E-state index contributed by atoms with van der Waals surface area (Å²) in [5.41, 5.74) is 3.41. The zero-order valence-corrected chi connectivity index (χ0v) is 17.0. The van der Waals surface area contributed by atoms with Crippen molar-refractivity contribution in [3.8, 4) is 5.75 Å². The largest absolute Gasteiger partial charge is 0.495 e. The van der Waals surface area contributed by atoms with Gasteiger partial charge in [-0.05, 0) is 43.2 Å². The Morgan fingerprint density at radius 2 is 1.93 bits per heavy atom. The molecular formula is C17H21N3O5S2. The van der Waals surface area contributed by atoms with Gasteiger partial charge in [0, 0.05) is 11.8 Å². The Balaban J connectivity index is 2.18. The van der Waals surface area contributed by atoms with E-state index >= 15 is 0 Å². The summed E-state index contributed by atoms with van der Waals surface area (Å²) in [6.45, 7) is 5.18. The molecule has 2 amide bonds. The van der Waals surface area contributed by atoms with E-state index < -0.39 is 15.9 Å². The zero-order valence-electron chi connectivity index (χ0n) is 15.4. The van der Waals surface area contributed by atoms with E-state index in [1.165, 1.54) is 43.6 Å². The summed E-state index contributed by atoms with van der Waals surface area (Å²) in [4.78, 5) is 26.9. The topological polar surface area (TPSA) is 114 Å². The number of carbonyl (C=O) groups is 2. The molecule has 1 heterocycles. The van der Waals surface area contributed by atoms with Crippen molar-refractivity contribution >= 4 is 38.9 Å². The maximum absolute atomic E-state index is 12.5. The number of rotatable bonds is 7. The molecule has 0 fully saturated rings. The molecule has 2 rings (SSSR count). The minimum Gasteiger partial charge on any atom is -0.495 e. The number of amides is 2. The van der Waals surface area contributed by atoms with Crippen LogP contribution in [0.4, 0.5) is 5.69 Å². The lowest BCUT2D eigenvalue weighted by molar-refractivity contribution is -0.114. The number of carbonyl (C=O) groups excluding carboxylic acids is 2. The molecule has 10 heteroatoms. The maximum atomic E-state index is 12.5. The molecule has 0 aliphatic heterocycles. The standard InChI is InChI=1S/C17H21N3O5S2/c1-5-15-10(2)8-16(26-15)17(22)19-20-27(23,24)12-6-7-14(25-4)13(9-12)18-11(3)21/h6-9,20H,5H2,1-4H3,(H,18,21)(H,19,22). The molecule has 0 bridgehead atoms. The van der Waals surface area contributed by atoms with Crippen LogP contribution >= 0.6 is 11.3 Å². The number of hydrogen-bond acceptors (Lipinski definition) is 6. The number of aryl methyl sites for hydroxylation is 2. The van der Waals surface area contributed by atoms with E-state index in [9.17, 15) is 18.0 Å². The highest BCUT2D eigenvalue weighted by atomic mass is 32.2. The third kappa shape index (κ3) is 5.06. The van der Waals surface area contributed by atoms with Gasteiger partial charge in [-0.25, -0.2) is 8.42 Å². The number of thiophene rings is 1. The van der Waals surface area contributed by atoms with E-state index in [1.54, 1.807) is 6.07 Å². The molecule has 3 N–H and O–H groups in total. The molecule has 0 aliphatic carbocycles. The average molecular weight is 412 g/mol. The third-order valence-electron chi connectivity index (χ3n) is 3.66. The second-order valence-corrected chi connectivity index (χ2v) is 8.49. The molecule has 27 heavy (non-hydrogen) atoms. The molecule has 1 aromatic heterocycles. The first-order valence-electron chi connectivity index (χ1n) is 8.05. The SMILES string of the molecule is CCc1sc(C(=O)NNS(=O)(=O)c2ccc(OC)c(NC(C)=O)c2)cc1C. The van der Waals surface area contributed by atoms with Gasteiger partial charge in [0.1, 0.15) is 5.75 Å². The molecule has 0 saturated heterocycles. The summed E-state index contributed by atoms with van der Waals surface area (Å²) in [6.07, 6.45) is 0.799. The summed E-state index contributed by atoms with van der Waals surface area (Å²) in [7, 11) is -2.64. The monoisotopic (exact) mass is 411 g/mol. The summed E-state index contributed by atoms with van der Waals surface area (Å²) >= 11 is 1.32. The summed E-state index contributed by atoms with van der Waals surface area (Å²) in [5.74, 6) is -0.597. The van der Waals surface area contributed by atoms with Crippen LogP contribution in [0.15, 0.2) is 29.2 Å². The lowest BCUT2D eigenvalue weighted by Gasteiger charge is -2.12. The molecule has 0 atom stereocenters. The van der Waals surface area contributed by atoms with Gasteiger partial charge in [0.25, 0.3) is 15.9 Å². The molecule has 0 spiro atoms. The minimum atomic E-state index is -4.04. The molecule has 0 unspecified atom stereocenters. The van der Waals surface area contributed by atoms with Crippen molar-refractivity contribution in [2.45, 2.75) is 32.1 Å². The van der Waals surface area contributed by atoms with E-state index in [1.807, 2.05) is 13.8 Å². The number of benzene rings is 1. The first-order valence-corrected chi connectivity index (χ1v) is 10.3. The van der Waals surface area contributed by atoms with Gasteiger partial charge in [-0.15, -0.1) is 16.2 Å². The van der Waals surface area contributed by atoms with Crippen molar-refractivity contribution in [2.75, 3.05) is 12.4 Å². The Hall–Kier alpha value is -2.43. The van der Waals surface area contributed by atoms with Crippen LogP contribution in [0.1, 0.15) is 34.0 Å². The Morgan fingerprint density at radius 3 is 2.48 bits per heavy atom. The molecule has 0 saturated carbocycles. The lowest BCUT2D eigenvalue weighted by atomic mass is 10.2. The number of ether oxygens (including phenoxy) is 1. The van der Waals surface area contributed by atoms with Crippen LogP contribution in [-0.4, -0.2) is 27.3 Å². The Morgan fingerprint density at radius 1 is 1.22 bits per heavy atom. The van der Waals surface area contributed by atoms with Gasteiger partial charge in [0.15, 0.2) is 0 Å². The molecule has 0 aliphatic rings. The van der Waals surface area contributed by atoms with Crippen molar-refractivity contribution in [3.63, 3.8) is 0 Å². The van der Waals surface area contributed by atoms with Gasteiger partial charge in [-0.3, -0.25) is 15.0 Å². The van der Waals surface area contributed by atoms with Crippen LogP contribution in [0.3, 0.4) is 0 Å². The highest BCUT2D eigenvalue weighted by Gasteiger charge is 2.19. The predicted molar refractivity (Wildman–Crippen MR) is 104 cm³/mol. The van der Waals surface area contributed by atoms with Crippen molar-refractivity contribution in [1.82, 2.24) is 10.3 Å². The van der Waals surface area contributed by atoms with Gasteiger partial charge in [0.05, 0.1) is 22.6 Å². The number of hydrazine groups is 1. The van der Waals surface area contributed by atoms with Gasteiger partial charge in [-0.1, -0.05) is 6.92 Å². The molecule has 0 radical (unpaired) electrons. The molecular weight excluding hydrogens is 390 g/mol. The molecule has 146 valence electrons. The number of methoxy groups -OCH3 is 1. The van der Waals surface area contributed by atoms with Crippen LogP contribution in [0.2, 0.25) is 0 Å². The summed E-state index contributed by atoms with van der Waals surface area (Å²) < 4.78 is 30.0.